The second-order valence-corrected chi connectivity index (χ2v) is 4.63. The van der Waals surface area contributed by atoms with Crippen LogP contribution < -0.4 is 5.32 Å². The van der Waals surface area contributed by atoms with Crippen LogP contribution in [-0.4, -0.2) is 23.0 Å². The molecule has 0 saturated carbocycles. The largest absolute Gasteiger partial charge is 0.481 e. The van der Waals surface area contributed by atoms with E-state index in [1.165, 1.54) is 0 Å². The Kier molecular flexibility index (Phi) is 5.16. The van der Waals surface area contributed by atoms with Crippen LogP contribution >= 0.6 is 11.6 Å². The van der Waals surface area contributed by atoms with Crippen molar-refractivity contribution in [1.82, 2.24) is 5.32 Å². The predicted octanol–water partition coefficient (Wildman–Crippen LogP) is 2.63. The van der Waals surface area contributed by atoms with Gasteiger partial charge < -0.3 is 10.4 Å². The van der Waals surface area contributed by atoms with Gasteiger partial charge in [0.1, 0.15) is 0 Å². The lowest BCUT2D eigenvalue weighted by molar-refractivity contribution is -0.137. The average Bonchev–Trinajstić information content (AvgIpc) is 2.26. The molecule has 0 aromatic heterocycles. The van der Waals surface area contributed by atoms with Gasteiger partial charge in [-0.2, -0.15) is 0 Å². The number of carbonyl (C=O) groups is 2. The van der Waals surface area contributed by atoms with Gasteiger partial charge >= 0.3 is 5.97 Å². The van der Waals surface area contributed by atoms with Gasteiger partial charge in [-0.3, -0.25) is 9.59 Å². The molecule has 1 aromatic rings. The summed E-state index contributed by atoms with van der Waals surface area (Å²) in [5.41, 5.74) is 1.34. The molecule has 1 amide bonds. The van der Waals surface area contributed by atoms with E-state index >= 15 is 0 Å². The lowest BCUT2D eigenvalue weighted by atomic mass is 10.1. The normalized spacial score (nSPS) is 11.9. The zero-order valence-corrected chi connectivity index (χ0v) is 11.1. The fraction of sp³-hybridized carbons (Fsp3) is 0.385. The first-order chi connectivity index (χ1) is 8.42. The second kappa shape index (κ2) is 6.40. The molecule has 0 bridgehead atoms. The van der Waals surface area contributed by atoms with Crippen molar-refractivity contribution in [2.24, 2.45) is 0 Å². The number of rotatable bonds is 5. The summed E-state index contributed by atoms with van der Waals surface area (Å²) in [6.07, 6.45) is 0.485. The molecule has 1 aromatic carbocycles. The Morgan fingerprint density at radius 2 is 2.06 bits per heavy atom. The Morgan fingerprint density at radius 1 is 1.39 bits per heavy atom. The molecule has 4 nitrogen and oxygen atoms in total. The molecule has 5 heteroatoms. The zero-order valence-electron chi connectivity index (χ0n) is 10.4. The molecule has 0 heterocycles. The fourth-order valence-electron chi connectivity index (χ4n) is 1.64. The predicted molar refractivity (Wildman–Crippen MR) is 70.0 cm³/mol. The summed E-state index contributed by atoms with van der Waals surface area (Å²) in [5.74, 6) is -1.22. The van der Waals surface area contributed by atoms with Gasteiger partial charge in [-0.25, -0.2) is 0 Å². The summed E-state index contributed by atoms with van der Waals surface area (Å²) in [5, 5.41) is 11.9. The second-order valence-electron chi connectivity index (χ2n) is 4.19. The molecule has 0 aliphatic heterocycles. The topological polar surface area (TPSA) is 66.4 Å². The lowest BCUT2D eigenvalue weighted by Gasteiger charge is -2.15. The Balaban J connectivity index is 2.77. The van der Waals surface area contributed by atoms with Crippen LogP contribution in [0.2, 0.25) is 5.02 Å². The number of hydrogen-bond donors (Lipinski definition) is 2. The molecule has 0 aliphatic rings. The molecule has 1 unspecified atom stereocenters. The molecule has 1 atom stereocenters. The summed E-state index contributed by atoms with van der Waals surface area (Å²) in [4.78, 5) is 22.6. The monoisotopic (exact) mass is 269 g/mol. The molecule has 18 heavy (non-hydrogen) atoms. The first-order valence-electron chi connectivity index (χ1n) is 5.72. The van der Waals surface area contributed by atoms with Gasteiger partial charge in [0.15, 0.2) is 0 Å². The molecule has 2 N–H and O–H groups in total. The maximum absolute atomic E-state index is 11.9. The first kappa shape index (κ1) is 14.5. The molecular formula is C13H16ClNO3. The zero-order chi connectivity index (χ0) is 13.7. The van der Waals surface area contributed by atoms with Gasteiger partial charge in [-0.05, 0) is 37.1 Å². The summed E-state index contributed by atoms with van der Waals surface area (Å²) in [6, 6.07) is 4.67. The van der Waals surface area contributed by atoms with E-state index in [1.807, 2.05) is 13.8 Å². The molecule has 0 fully saturated rings. The van der Waals surface area contributed by atoms with Gasteiger partial charge in [0.25, 0.3) is 5.91 Å². The number of aliphatic carboxylic acids is 1. The van der Waals surface area contributed by atoms with Crippen molar-refractivity contribution in [3.63, 3.8) is 0 Å². The third-order valence-corrected chi connectivity index (χ3v) is 2.77. The lowest BCUT2D eigenvalue weighted by Crippen LogP contribution is -2.36. The Morgan fingerprint density at radius 3 is 2.56 bits per heavy atom. The van der Waals surface area contributed by atoms with Crippen LogP contribution in [0.3, 0.4) is 0 Å². The minimum Gasteiger partial charge on any atom is -0.481 e. The van der Waals surface area contributed by atoms with Crippen molar-refractivity contribution >= 4 is 23.5 Å². The van der Waals surface area contributed by atoms with E-state index in [9.17, 15) is 9.59 Å². The van der Waals surface area contributed by atoms with Crippen molar-refractivity contribution < 1.29 is 14.7 Å². The first-order valence-corrected chi connectivity index (χ1v) is 6.10. The molecule has 0 aliphatic carbocycles. The average molecular weight is 270 g/mol. The van der Waals surface area contributed by atoms with Crippen molar-refractivity contribution in [2.45, 2.75) is 32.7 Å². The van der Waals surface area contributed by atoms with E-state index in [2.05, 4.69) is 5.32 Å². The van der Waals surface area contributed by atoms with Crippen LogP contribution in [0.5, 0.6) is 0 Å². The smallest absolute Gasteiger partial charge is 0.305 e. The van der Waals surface area contributed by atoms with Crippen LogP contribution in [0.4, 0.5) is 0 Å². The fourth-order valence-corrected chi connectivity index (χ4v) is 1.93. The minimum atomic E-state index is -0.926. The van der Waals surface area contributed by atoms with Crippen LogP contribution in [0.25, 0.3) is 0 Å². The van der Waals surface area contributed by atoms with Crippen LogP contribution in [0.1, 0.15) is 35.7 Å². The summed E-state index contributed by atoms with van der Waals surface area (Å²) in [6.45, 7) is 3.67. The van der Waals surface area contributed by atoms with Crippen molar-refractivity contribution in [3.05, 3.63) is 34.3 Å². The minimum absolute atomic E-state index is 0.0816. The number of nitrogens with one attached hydrogen (secondary N) is 1. The number of amides is 1. The number of carbonyl (C=O) groups excluding carboxylic acids is 1. The van der Waals surface area contributed by atoms with E-state index in [0.29, 0.717) is 17.0 Å². The quantitative estimate of drug-likeness (QED) is 0.863. The summed E-state index contributed by atoms with van der Waals surface area (Å²) in [7, 11) is 0. The maximum atomic E-state index is 11.9. The summed E-state index contributed by atoms with van der Waals surface area (Å²) < 4.78 is 0. The standard InChI is InChI=1S/C13H16ClNO3/c1-3-11(7-12(16)17)15-13(18)9-4-8(2)5-10(14)6-9/h4-6,11H,3,7H2,1-2H3,(H,15,18)(H,16,17). The van der Waals surface area contributed by atoms with E-state index < -0.39 is 5.97 Å². The van der Waals surface area contributed by atoms with Gasteiger partial charge in [0, 0.05) is 16.6 Å². The SMILES string of the molecule is CCC(CC(=O)O)NC(=O)c1cc(C)cc(Cl)c1. The van der Waals surface area contributed by atoms with E-state index in [0.717, 1.165) is 5.56 Å². The highest BCUT2D eigenvalue weighted by molar-refractivity contribution is 6.31. The van der Waals surface area contributed by atoms with E-state index in [4.69, 9.17) is 16.7 Å². The van der Waals surface area contributed by atoms with Gasteiger partial charge in [-0.1, -0.05) is 18.5 Å². The number of carboxylic acids is 1. The van der Waals surface area contributed by atoms with Crippen molar-refractivity contribution in [3.8, 4) is 0 Å². The summed E-state index contributed by atoms with van der Waals surface area (Å²) >= 11 is 5.87. The Bertz CT molecular complexity index is 439. The molecule has 0 radical (unpaired) electrons. The number of hydrogen-bond acceptors (Lipinski definition) is 2. The molecule has 0 saturated heterocycles. The highest BCUT2D eigenvalue weighted by atomic mass is 35.5. The van der Waals surface area contributed by atoms with E-state index in [-0.39, 0.29) is 18.4 Å². The molecule has 1 rings (SSSR count). The highest BCUT2D eigenvalue weighted by Gasteiger charge is 2.15. The maximum Gasteiger partial charge on any atom is 0.305 e. The van der Waals surface area contributed by atoms with E-state index in [1.54, 1.807) is 18.2 Å². The van der Waals surface area contributed by atoms with Crippen molar-refractivity contribution in [1.29, 1.82) is 0 Å². The Labute approximate surface area is 111 Å². The highest BCUT2D eigenvalue weighted by Crippen LogP contribution is 2.15. The third kappa shape index (κ3) is 4.37. The van der Waals surface area contributed by atoms with Crippen molar-refractivity contribution in [2.75, 3.05) is 0 Å². The Hall–Kier alpha value is -1.55. The molecule has 98 valence electrons. The third-order valence-electron chi connectivity index (χ3n) is 2.55. The van der Waals surface area contributed by atoms with Crippen LogP contribution in [-0.2, 0) is 4.79 Å². The number of benzene rings is 1. The number of halogens is 1. The van der Waals surface area contributed by atoms with Crippen LogP contribution in [0, 0.1) is 6.92 Å². The van der Waals surface area contributed by atoms with Crippen LogP contribution in [0.15, 0.2) is 18.2 Å². The van der Waals surface area contributed by atoms with Gasteiger partial charge in [0.2, 0.25) is 0 Å². The van der Waals surface area contributed by atoms with Gasteiger partial charge in [-0.15, -0.1) is 0 Å². The van der Waals surface area contributed by atoms with Gasteiger partial charge in [0.05, 0.1) is 6.42 Å². The molecule has 0 spiro atoms. The number of aryl methyl sites for hydroxylation is 1. The number of carboxylic acid groups (broad SMARTS) is 1. The molecular weight excluding hydrogens is 254 g/mol.